The van der Waals surface area contributed by atoms with Gasteiger partial charge < -0.3 is 4.90 Å². The molecule has 0 N–H and O–H groups in total. The van der Waals surface area contributed by atoms with Crippen molar-refractivity contribution in [1.29, 1.82) is 0 Å². The van der Waals surface area contributed by atoms with Crippen molar-refractivity contribution in [3.63, 3.8) is 0 Å². The first-order chi connectivity index (χ1) is 7.36. The van der Waals surface area contributed by atoms with E-state index in [1.165, 1.54) is 5.56 Å². The molecule has 0 aliphatic heterocycles. The van der Waals surface area contributed by atoms with Crippen LogP contribution >= 0.6 is 0 Å². The summed E-state index contributed by atoms with van der Waals surface area (Å²) >= 11 is 0. The Morgan fingerprint density at radius 2 is 1.73 bits per heavy atom. The van der Waals surface area contributed by atoms with Gasteiger partial charge in [0.2, 0.25) is 0 Å². The lowest BCUT2D eigenvalue weighted by Gasteiger charge is -2.18. The van der Waals surface area contributed by atoms with E-state index in [9.17, 15) is 0 Å². The standard InChI is InChI=1S/C14H14N/c1-15(14-10-6-3-7-11-14)12-13-8-4-2-5-9-13/h2-10H,12H2,1H3. The minimum Gasteiger partial charge on any atom is -0.370 e. The third-order valence-corrected chi connectivity index (χ3v) is 2.37. The molecule has 0 heterocycles. The van der Waals surface area contributed by atoms with E-state index in [2.05, 4.69) is 48.3 Å². The highest BCUT2D eigenvalue weighted by Gasteiger charge is 2.00. The highest BCUT2D eigenvalue weighted by atomic mass is 15.1. The van der Waals surface area contributed by atoms with Gasteiger partial charge in [-0.1, -0.05) is 48.5 Å². The summed E-state index contributed by atoms with van der Waals surface area (Å²) < 4.78 is 0. The SMILES string of the molecule is CN(Cc1ccccc1)c1[c]cccc1. The summed E-state index contributed by atoms with van der Waals surface area (Å²) in [6.45, 7) is 0.918. The average molecular weight is 196 g/mol. The summed E-state index contributed by atoms with van der Waals surface area (Å²) in [7, 11) is 2.08. The van der Waals surface area contributed by atoms with E-state index >= 15 is 0 Å². The minimum atomic E-state index is 0.918. The van der Waals surface area contributed by atoms with Crippen LogP contribution in [0.15, 0.2) is 54.6 Å². The molecule has 0 saturated heterocycles. The normalized spacial score (nSPS) is 9.93. The summed E-state index contributed by atoms with van der Waals surface area (Å²) in [5.41, 5.74) is 2.44. The number of anilines is 1. The summed E-state index contributed by atoms with van der Waals surface area (Å²) in [6.07, 6.45) is 0. The molecule has 0 unspecified atom stereocenters. The van der Waals surface area contributed by atoms with E-state index in [0.717, 1.165) is 12.2 Å². The first kappa shape index (κ1) is 9.78. The van der Waals surface area contributed by atoms with E-state index in [0.29, 0.717) is 0 Å². The third-order valence-electron chi connectivity index (χ3n) is 2.37. The maximum absolute atomic E-state index is 3.21. The van der Waals surface area contributed by atoms with Crippen LogP contribution in [0.4, 0.5) is 5.69 Å². The van der Waals surface area contributed by atoms with Crippen molar-refractivity contribution in [1.82, 2.24) is 0 Å². The molecular formula is C14H14N. The second-order valence-corrected chi connectivity index (χ2v) is 3.59. The fourth-order valence-corrected chi connectivity index (χ4v) is 1.56. The Kier molecular flexibility index (Phi) is 3.03. The van der Waals surface area contributed by atoms with Gasteiger partial charge in [0, 0.05) is 25.3 Å². The largest absolute Gasteiger partial charge is 0.370 e. The first-order valence-corrected chi connectivity index (χ1v) is 5.08. The fraction of sp³-hybridized carbons (Fsp3) is 0.143. The van der Waals surface area contributed by atoms with E-state index in [1.807, 2.05) is 24.3 Å². The second-order valence-electron chi connectivity index (χ2n) is 3.59. The Morgan fingerprint density at radius 3 is 2.40 bits per heavy atom. The molecule has 2 aromatic rings. The lowest BCUT2D eigenvalue weighted by Crippen LogP contribution is -2.16. The Bertz CT molecular complexity index is 394. The topological polar surface area (TPSA) is 3.24 Å². The second kappa shape index (κ2) is 4.65. The number of benzene rings is 2. The summed E-state index contributed by atoms with van der Waals surface area (Å²) in [6, 6.07) is 21.7. The van der Waals surface area contributed by atoms with E-state index in [4.69, 9.17) is 0 Å². The molecule has 0 aliphatic rings. The molecule has 0 spiro atoms. The molecule has 75 valence electrons. The molecule has 1 heteroatoms. The molecule has 15 heavy (non-hydrogen) atoms. The van der Waals surface area contributed by atoms with Crippen LogP contribution in [-0.4, -0.2) is 7.05 Å². The van der Waals surface area contributed by atoms with Gasteiger partial charge in [0.15, 0.2) is 0 Å². The number of hydrogen-bond acceptors (Lipinski definition) is 1. The van der Waals surface area contributed by atoms with Gasteiger partial charge in [0.25, 0.3) is 0 Å². The zero-order chi connectivity index (χ0) is 10.5. The van der Waals surface area contributed by atoms with E-state index in [1.54, 1.807) is 0 Å². The zero-order valence-corrected chi connectivity index (χ0v) is 8.85. The van der Waals surface area contributed by atoms with Crippen molar-refractivity contribution in [3.05, 3.63) is 66.2 Å². The molecule has 0 atom stereocenters. The van der Waals surface area contributed by atoms with Gasteiger partial charge in [-0.2, -0.15) is 0 Å². The number of nitrogens with zero attached hydrogens (tertiary/aromatic N) is 1. The summed E-state index contributed by atoms with van der Waals surface area (Å²) in [5.74, 6) is 0. The van der Waals surface area contributed by atoms with Gasteiger partial charge >= 0.3 is 0 Å². The third kappa shape index (κ3) is 2.59. The van der Waals surface area contributed by atoms with Gasteiger partial charge in [0.05, 0.1) is 0 Å². The first-order valence-electron chi connectivity index (χ1n) is 5.08. The quantitative estimate of drug-likeness (QED) is 0.729. The minimum absolute atomic E-state index is 0.918. The zero-order valence-electron chi connectivity index (χ0n) is 8.85. The number of rotatable bonds is 3. The van der Waals surface area contributed by atoms with Crippen molar-refractivity contribution in [3.8, 4) is 0 Å². The van der Waals surface area contributed by atoms with Crippen LogP contribution in [0.2, 0.25) is 0 Å². The molecule has 0 aromatic heterocycles. The van der Waals surface area contributed by atoms with Crippen molar-refractivity contribution < 1.29 is 0 Å². The van der Waals surface area contributed by atoms with Crippen LogP contribution in [0, 0.1) is 6.07 Å². The highest BCUT2D eigenvalue weighted by Crippen LogP contribution is 2.13. The maximum Gasteiger partial charge on any atom is 0.0447 e. The van der Waals surface area contributed by atoms with Crippen LogP contribution in [0.3, 0.4) is 0 Å². The fourth-order valence-electron chi connectivity index (χ4n) is 1.56. The lowest BCUT2D eigenvalue weighted by atomic mass is 10.2. The molecule has 0 amide bonds. The van der Waals surface area contributed by atoms with Crippen molar-refractivity contribution in [2.75, 3.05) is 11.9 Å². The van der Waals surface area contributed by atoms with E-state index in [-0.39, 0.29) is 0 Å². The summed E-state index contributed by atoms with van der Waals surface area (Å²) in [5, 5.41) is 0. The molecule has 0 saturated carbocycles. The number of para-hydroxylation sites is 1. The van der Waals surface area contributed by atoms with Crippen LogP contribution in [-0.2, 0) is 6.54 Å². The average Bonchev–Trinajstić information content (AvgIpc) is 2.31. The molecule has 1 nitrogen and oxygen atoms in total. The van der Waals surface area contributed by atoms with Crippen LogP contribution in [0.5, 0.6) is 0 Å². The Labute approximate surface area is 91.0 Å². The highest BCUT2D eigenvalue weighted by molar-refractivity contribution is 5.44. The monoisotopic (exact) mass is 196 g/mol. The summed E-state index contributed by atoms with van der Waals surface area (Å²) in [4.78, 5) is 2.19. The smallest absolute Gasteiger partial charge is 0.0447 e. The van der Waals surface area contributed by atoms with Gasteiger partial charge in [0.1, 0.15) is 0 Å². The molecule has 2 rings (SSSR count). The van der Waals surface area contributed by atoms with Gasteiger partial charge in [-0.25, -0.2) is 0 Å². The van der Waals surface area contributed by atoms with Crippen LogP contribution in [0.25, 0.3) is 0 Å². The molecular weight excluding hydrogens is 182 g/mol. The lowest BCUT2D eigenvalue weighted by molar-refractivity contribution is 0.922. The Balaban J connectivity index is 2.08. The predicted octanol–water partition coefficient (Wildman–Crippen LogP) is 3.12. The molecule has 0 bridgehead atoms. The Hall–Kier alpha value is -1.76. The van der Waals surface area contributed by atoms with Crippen LogP contribution < -0.4 is 4.90 Å². The molecule has 1 radical (unpaired) electrons. The van der Waals surface area contributed by atoms with Crippen molar-refractivity contribution >= 4 is 5.69 Å². The molecule has 0 fully saturated rings. The Morgan fingerprint density at radius 1 is 1.00 bits per heavy atom. The van der Waals surface area contributed by atoms with Crippen LogP contribution in [0.1, 0.15) is 5.56 Å². The van der Waals surface area contributed by atoms with Gasteiger partial charge in [-0.3, -0.25) is 0 Å². The van der Waals surface area contributed by atoms with Crippen molar-refractivity contribution in [2.45, 2.75) is 6.54 Å². The van der Waals surface area contributed by atoms with E-state index < -0.39 is 0 Å². The van der Waals surface area contributed by atoms with Gasteiger partial charge in [-0.05, 0) is 11.6 Å². The van der Waals surface area contributed by atoms with Gasteiger partial charge in [-0.15, -0.1) is 0 Å². The number of hydrogen-bond donors (Lipinski definition) is 0. The van der Waals surface area contributed by atoms with Crippen molar-refractivity contribution in [2.24, 2.45) is 0 Å². The molecule has 2 aromatic carbocycles. The maximum atomic E-state index is 3.21. The predicted molar refractivity (Wildman–Crippen MR) is 63.8 cm³/mol. The molecule has 0 aliphatic carbocycles.